The number of anilines is 3. The predicted octanol–water partition coefficient (Wildman–Crippen LogP) is 16.6. The van der Waals surface area contributed by atoms with Crippen molar-refractivity contribution in [2.24, 2.45) is 0 Å². The minimum Gasteiger partial charge on any atom is -0.310 e. The van der Waals surface area contributed by atoms with Gasteiger partial charge in [0.25, 0.3) is 0 Å². The topological polar surface area (TPSA) is 21.1 Å². The Bertz CT molecular complexity index is 3550. The molecule has 0 amide bonds. The lowest BCUT2D eigenvalue weighted by molar-refractivity contribution is 1.18. The van der Waals surface area contributed by atoms with E-state index in [1.165, 1.54) is 43.8 Å². The van der Waals surface area contributed by atoms with Crippen molar-refractivity contribution in [3.63, 3.8) is 0 Å². The summed E-state index contributed by atoms with van der Waals surface area (Å²) in [4.78, 5) is 7.74. The SMILES string of the molecule is c1ccc(-c2ccc(N(c3ccc(-c4ccccc4)cc3)c3ccc4c5ccc(-c6nc7ccccc7cc6-c6ccccc6)cc5n(-c5ccc6ccccc6c5)c4c3)cc2)cc1. The minimum absolute atomic E-state index is 0.965. The number of pyridine rings is 1. The summed E-state index contributed by atoms with van der Waals surface area (Å²) in [5.41, 5.74) is 16.6. The first-order valence-electron chi connectivity index (χ1n) is 21.9. The van der Waals surface area contributed by atoms with Crippen molar-refractivity contribution in [3.8, 4) is 50.3 Å². The van der Waals surface area contributed by atoms with E-state index < -0.39 is 0 Å². The van der Waals surface area contributed by atoms with Crippen molar-refractivity contribution in [1.82, 2.24) is 9.55 Å². The molecule has 12 aromatic rings. The van der Waals surface area contributed by atoms with Gasteiger partial charge in [-0.3, -0.25) is 0 Å². The smallest absolute Gasteiger partial charge is 0.0788 e. The largest absolute Gasteiger partial charge is 0.310 e. The molecular weight excluding hydrogens is 775 g/mol. The number of hydrogen-bond acceptors (Lipinski definition) is 2. The van der Waals surface area contributed by atoms with E-state index in [2.05, 4.69) is 258 Å². The lowest BCUT2D eigenvalue weighted by Gasteiger charge is -2.26. The Labute approximate surface area is 372 Å². The Morgan fingerprint density at radius 3 is 1.44 bits per heavy atom. The van der Waals surface area contributed by atoms with Crippen LogP contribution in [0.25, 0.3) is 93.8 Å². The van der Waals surface area contributed by atoms with Gasteiger partial charge in [0.2, 0.25) is 0 Å². The van der Waals surface area contributed by atoms with Crippen LogP contribution in [0.2, 0.25) is 0 Å². The highest BCUT2D eigenvalue weighted by Gasteiger charge is 2.20. The summed E-state index contributed by atoms with van der Waals surface area (Å²) in [6.07, 6.45) is 0. The summed E-state index contributed by atoms with van der Waals surface area (Å²) >= 11 is 0. The molecule has 0 saturated carbocycles. The molecule has 0 aliphatic carbocycles. The average molecular weight is 816 g/mol. The van der Waals surface area contributed by atoms with Crippen LogP contribution in [0.4, 0.5) is 17.1 Å². The first kappa shape index (κ1) is 37.2. The summed E-state index contributed by atoms with van der Waals surface area (Å²) in [5, 5.41) is 5.91. The number of aromatic nitrogens is 2. The second kappa shape index (κ2) is 15.7. The van der Waals surface area contributed by atoms with E-state index >= 15 is 0 Å². The molecule has 0 bridgehead atoms. The van der Waals surface area contributed by atoms with Crippen LogP contribution in [-0.2, 0) is 0 Å². The van der Waals surface area contributed by atoms with Crippen LogP contribution in [0, 0.1) is 0 Å². The van der Waals surface area contributed by atoms with Gasteiger partial charge in [-0.15, -0.1) is 0 Å². The monoisotopic (exact) mass is 815 g/mol. The number of benzene rings is 10. The van der Waals surface area contributed by atoms with Crippen LogP contribution in [-0.4, -0.2) is 9.55 Å². The van der Waals surface area contributed by atoms with E-state index in [1.54, 1.807) is 0 Å². The average Bonchev–Trinajstić information content (AvgIpc) is 3.70. The highest BCUT2D eigenvalue weighted by molar-refractivity contribution is 6.12. The maximum atomic E-state index is 5.37. The molecule has 0 spiro atoms. The van der Waals surface area contributed by atoms with Gasteiger partial charge in [-0.25, -0.2) is 4.98 Å². The van der Waals surface area contributed by atoms with Gasteiger partial charge in [-0.2, -0.15) is 0 Å². The number of para-hydroxylation sites is 1. The molecule has 2 aromatic heterocycles. The number of nitrogens with zero attached hydrogens (tertiary/aromatic N) is 3. The lowest BCUT2D eigenvalue weighted by atomic mass is 9.96. The molecule has 0 radical (unpaired) electrons. The fourth-order valence-corrected chi connectivity index (χ4v) is 9.38. The van der Waals surface area contributed by atoms with Crippen LogP contribution in [0.5, 0.6) is 0 Å². The highest BCUT2D eigenvalue weighted by Crippen LogP contribution is 2.43. The Balaban J connectivity index is 1.08. The first-order valence-corrected chi connectivity index (χ1v) is 21.9. The third kappa shape index (κ3) is 6.68. The molecule has 12 rings (SSSR count). The van der Waals surface area contributed by atoms with Crippen molar-refractivity contribution >= 4 is 60.5 Å². The third-order valence-electron chi connectivity index (χ3n) is 12.5. The van der Waals surface area contributed by atoms with E-state index in [9.17, 15) is 0 Å². The third-order valence-corrected chi connectivity index (χ3v) is 12.5. The molecule has 0 aliphatic heterocycles. The first-order chi connectivity index (χ1) is 31.7. The van der Waals surface area contributed by atoms with Crippen LogP contribution < -0.4 is 4.90 Å². The Morgan fingerprint density at radius 2 is 0.797 bits per heavy atom. The summed E-state index contributed by atoms with van der Waals surface area (Å²) in [7, 11) is 0. The number of hydrogen-bond donors (Lipinski definition) is 0. The molecule has 10 aromatic carbocycles. The number of fused-ring (bicyclic) bond motifs is 5. The molecule has 2 heterocycles. The molecule has 0 fully saturated rings. The summed E-state index contributed by atoms with van der Waals surface area (Å²) < 4.78 is 2.45. The maximum Gasteiger partial charge on any atom is 0.0788 e. The van der Waals surface area contributed by atoms with E-state index in [0.717, 1.165) is 67.1 Å². The molecular formula is C61H41N3. The van der Waals surface area contributed by atoms with Crippen molar-refractivity contribution in [2.45, 2.75) is 0 Å². The molecule has 0 N–H and O–H groups in total. The Morgan fingerprint density at radius 1 is 0.312 bits per heavy atom. The molecule has 0 unspecified atom stereocenters. The Hall–Kier alpha value is -8.53. The predicted molar refractivity (Wildman–Crippen MR) is 270 cm³/mol. The zero-order chi connectivity index (χ0) is 42.4. The second-order valence-corrected chi connectivity index (χ2v) is 16.4. The van der Waals surface area contributed by atoms with Crippen molar-refractivity contribution in [1.29, 1.82) is 0 Å². The molecule has 0 aliphatic rings. The van der Waals surface area contributed by atoms with Gasteiger partial charge < -0.3 is 9.47 Å². The van der Waals surface area contributed by atoms with Crippen molar-refractivity contribution in [3.05, 3.63) is 249 Å². The molecule has 0 saturated heterocycles. The van der Waals surface area contributed by atoms with Gasteiger partial charge in [0.1, 0.15) is 0 Å². The highest BCUT2D eigenvalue weighted by atomic mass is 15.1. The molecule has 3 heteroatoms. The van der Waals surface area contributed by atoms with Gasteiger partial charge in [0.15, 0.2) is 0 Å². The van der Waals surface area contributed by atoms with Crippen molar-refractivity contribution in [2.75, 3.05) is 4.90 Å². The van der Waals surface area contributed by atoms with Crippen LogP contribution in [0.15, 0.2) is 249 Å². The summed E-state index contributed by atoms with van der Waals surface area (Å²) in [6.45, 7) is 0. The van der Waals surface area contributed by atoms with Crippen LogP contribution in [0.1, 0.15) is 0 Å². The van der Waals surface area contributed by atoms with Gasteiger partial charge >= 0.3 is 0 Å². The standard InChI is InChI=1S/C61H41N3/c1-4-14-42(15-5-1)45-24-30-51(31-25-45)63(52-32-26-46(27-33-52)43-16-6-2-7-17-43)54-35-37-56-55-36-29-50(61-57(47-19-8-3-9-20-47)39-49-22-12-13-23-58(49)62-61)40-59(55)64(60(56)41-54)53-34-28-44-18-10-11-21-48(44)38-53/h1-41H. The van der Waals surface area contributed by atoms with E-state index in [-0.39, 0.29) is 0 Å². The minimum atomic E-state index is 0.965. The second-order valence-electron chi connectivity index (χ2n) is 16.4. The lowest BCUT2D eigenvalue weighted by Crippen LogP contribution is -2.10. The van der Waals surface area contributed by atoms with Crippen LogP contribution >= 0.6 is 0 Å². The van der Waals surface area contributed by atoms with Gasteiger partial charge in [-0.05, 0) is 105 Å². The number of rotatable bonds is 8. The molecule has 0 atom stereocenters. The fraction of sp³-hybridized carbons (Fsp3) is 0. The van der Waals surface area contributed by atoms with E-state index in [0.29, 0.717) is 0 Å². The zero-order valence-electron chi connectivity index (χ0n) is 35.0. The quantitative estimate of drug-likeness (QED) is 0.152. The van der Waals surface area contributed by atoms with Gasteiger partial charge in [0.05, 0.1) is 22.2 Å². The zero-order valence-corrected chi connectivity index (χ0v) is 35.0. The van der Waals surface area contributed by atoms with Gasteiger partial charge in [-0.1, -0.05) is 182 Å². The van der Waals surface area contributed by atoms with Gasteiger partial charge in [0, 0.05) is 50.0 Å². The fourth-order valence-electron chi connectivity index (χ4n) is 9.38. The molecule has 300 valence electrons. The van der Waals surface area contributed by atoms with Crippen molar-refractivity contribution < 1.29 is 0 Å². The maximum absolute atomic E-state index is 5.37. The Kier molecular flexibility index (Phi) is 9.16. The van der Waals surface area contributed by atoms with E-state index in [4.69, 9.17) is 4.98 Å². The summed E-state index contributed by atoms with van der Waals surface area (Å²) in [6, 6.07) is 89.6. The van der Waals surface area contributed by atoms with Crippen LogP contribution in [0.3, 0.4) is 0 Å². The molecule has 64 heavy (non-hydrogen) atoms. The normalized spacial score (nSPS) is 11.4. The molecule has 3 nitrogen and oxygen atoms in total. The van der Waals surface area contributed by atoms with E-state index in [1.807, 2.05) is 0 Å². The summed E-state index contributed by atoms with van der Waals surface area (Å²) in [5.74, 6) is 0.